The molecule has 2 heterocycles. The highest BCUT2D eigenvalue weighted by atomic mass is 15.2. The maximum atomic E-state index is 7.85. The molecule has 13 heavy (non-hydrogen) atoms. The normalized spacial score (nSPS) is 16.2. The molecule has 68 valence electrons. The van der Waals surface area contributed by atoms with Gasteiger partial charge in [-0.1, -0.05) is 0 Å². The fourth-order valence-corrected chi connectivity index (χ4v) is 1.52. The molecule has 1 N–H and O–H groups in total. The second kappa shape index (κ2) is 3.51. The minimum atomic E-state index is 0.505. The number of hydrogen-bond acceptors (Lipinski definition) is 3. The van der Waals surface area contributed by atoms with Crippen LogP contribution in [0.25, 0.3) is 0 Å². The Hall–Kier alpha value is -1.45. The Kier molecular flexibility index (Phi) is 2.21. The largest absolute Gasteiger partial charge is 0.355 e. The van der Waals surface area contributed by atoms with E-state index in [9.17, 15) is 0 Å². The van der Waals surface area contributed by atoms with Crippen molar-refractivity contribution in [1.82, 2.24) is 14.9 Å². The molecule has 1 aromatic heterocycles. The van der Waals surface area contributed by atoms with Gasteiger partial charge in [-0.05, 0) is 12.8 Å². The number of aromatic nitrogens is 2. The molecule has 1 saturated heterocycles. The first-order chi connectivity index (χ1) is 6.38. The van der Waals surface area contributed by atoms with Crippen molar-refractivity contribution in [1.29, 1.82) is 5.41 Å². The van der Waals surface area contributed by atoms with Crippen LogP contribution in [0.15, 0.2) is 18.6 Å². The first kappa shape index (κ1) is 8.16. The van der Waals surface area contributed by atoms with Crippen molar-refractivity contribution in [3.63, 3.8) is 0 Å². The Balaban J connectivity index is 2.13. The summed E-state index contributed by atoms with van der Waals surface area (Å²) in [5.74, 6) is 0.505. The minimum Gasteiger partial charge on any atom is -0.355 e. The molecule has 0 amide bonds. The van der Waals surface area contributed by atoms with E-state index in [2.05, 4.69) is 9.97 Å². The quantitative estimate of drug-likeness (QED) is 0.511. The average Bonchev–Trinajstić information content (AvgIpc) is 2.71. The van der Waals surface area contributed by atoms with Crippen molar-refractivity contribution in [3.8, 4) is 0 Å². The highest BCUT2D eigenvalue weighted by Gasteiger charge is 2.16. The molecule has 0 bridgehead atoms. The van der Waals surface area contributed by atoms with Gasteiger partial charge in [-0.15, -0.1) is 0 Å². The molecular weight excluding hydrogens is 164 g/mol. The van der Waals surface area contributed by atoms with Crippen molar-refractivity contribution >= 4 is 5.84 Å². The molecule has 0 aromatic carbocycles. The van der Waals surface area contributed by atoms with Crippen LogP contribution in [0.3, 0.4) is 0 Å². The fraction of sp³-hybridized carbons (Fsp3) is 0.444. The van der Waals surface area contributed by atoms with Gasteiger partial charge in [-0.2, -0.15) is 0 Å². The SMILES string of the molecule is N=C(c1cnccn1)N1CCCC1. The van der Waals surface area contributed by atoms with Crippen LogP contribution in [0, 0.1) is 5.41 Å². The number of rotatable bonds is 1. The highest BCUT2D eigenvalue weighted by molar-refractivity contribution is 5.94. The van der Waals surface area contributed by atoms with Gasteiger partial charge >= 0.3 is 0 Å². The van der Waals surface area contributed by atoms with E-state index in [1.54, 1.807) is 18.6 Å². The van der Waals surface area contributed by atoms with Crippen LogP contribution in [-0.4, -0.2) is 33.8 Å². The molecule has 0 atom stereocenters. The zero-order valence-corrected chi connectivity index (χ0v) is 7.40. The third-order valence-electron chi connectivity index (χ3n) is 2.23. The second-order valence-corrected chi connectivity index (χ2v) is 3.13. The number of hydrogen-bond donors (Lipinski definition) is 1. The molecule has 0 saturated carbocycles. The van der Waals surface area contributed by atoms with Crippen molar-refractivity contribution < 1.29 is 0 Å². The Morgan fingerprint density at radius 1 is 1.31 bits per heavy atom. The molecule has 1 aliphatic heterocycles. The third-order valence-corrected chi connectivity index (χ3v) is 2.23. The van der Waals surface area contributed by atoms with Crippen LogP contribution in [0.4, 0.5) is 0 Å². The average molecular weight is 176 g/mol. The van der Waals surface area contributed by atoms with Crippen LogP contribution in [-0.2, 0) is 0 Å². The van der Waals surface area contributed by atoms with Gasteiger partial charge < -0.3 is 4.90 Å². The first-order valence-corrected chi connectivity index (χ1v) is 4.48. The zero-order valence-electron chi connectivity index (χ0n) is 7.40. The number of likely N-dealkylation sites (tertiary alicyclic amines) is 1. The summed E-state index contributed by atoms with van der Waals surface area (Å²) >= 11 is 0. The maximum absolute atomic E-state index is 7.85. The lowest BCUT2D eigenvalue weighted by Gasteiger charge is -2.16. The van der Waals surface area contributed by atoms with Gasteiger partial charge in [-0.25, -0.2) is 4.98 Å². The Morgan fingerprint density at radius 3 is 2.69 bits per heavy atom. The topological polar surface area (TPSA) is 52.9 Å². The number of amidine groups is 1. The Labute approximate surface area is 77.1 Å². The zero-order chi connectivity index (χ0) is 9.10. The standard InChI is InChI=1S/C9H12N4/c10-9(13-5-1-2-6-13)8-7-11-3-4-12-8/h3-4,7,10H,1-2,5-6H2. The van der Waals surface area contributed by atoms with Crippen molar-refractivity contribution in [2.75, 3.05) is 13.1 Å². The third kappa shape index (κ3) is 1.66. The lowest BCUT2D eigenvalue weighted by Crippen LogP contribution is -2.28. The molecular formula is C9H12N4. The van der Waals surface area contributed by atoms with E-state index in [0.717, 1.165) is 13.1 Å². The van der Waals surface area contributed by atoms with Gasteiger partial charge in [0.05, 0.1) is 6.20 Å². The van der Waals surface area contributed by atoms with E-state index in [1.807, 2.05) is 4.90 Å². The Bertz CT molecular complexity index is 290. The van der Waals surface area contributed by atoms with Gasteiger partial charge in [0, 0.05) is 25.5 Å². The predicted octanol–water partition coefficient (Wildman–Crippen LogP) is 0.898. The number of nitrogens with one attached hydrogen (secondary N) is 1. The van der Waals surface area contributed by atoms with Crippen molar-refractivity contribution in [2.24, 2.45) is 0 Å². The Morgan fingerprint density at radius 2 is 2.08 bits per heavy atom. The molecule has 0 unspecified atom stereocenters. The number of nitrogens with zero attached hydrogens (tertiary/aromatic N) is 3. The summed E-state index contributed by atoms with van der Waals surface area (Å²) in [4.78, 5) is 10.1. The molecule has 4 heteroatoms. The summed E-state index contributed by atoms with van der Waals surface area (Å²) in [7, 11) is 0. The molecule has 2 rings (SSSR count). The smallest absolute Gasteiger partial charge is 0.148 e. The molecule has 0 radical (unpaired) electrons. The molecule has 1 aliphatic rings. The molecule has 0 aliphatic carbocycles. The summed E-state index contributed by atoms with van der Waals surface area (Å²) in [5, 5.41) is 7.85. The highest BCUT2D eigenvalue weighted by Crippen LogP contribution is 2.10. The summed E-state index contributed by atoms with van der Waals surface area (Å²) in [6.45, 7) is 1.96. The predicted molar refractivity (Wildman–Crippen MR) is 49.7 cm³/mol. The van der Waals surface area contributed by atoms with E-state index in [-0.39, 0.29) is 0 Å². The summed E-state index contributed by atoms with van der Waals surface area (Å²) in [6, 6.07) is 0. The molecule has 0 spiro atoms. The van der Waals surface area contributed by atoms with Crippen molar-refractivity contribution in [3.05, 3.63) is 24.3 Å². The van der Waals surface area contributed by atoms with Gasteiger partial charge in [0.2, 0.25) is 0 Å². The van der Waals surface area contributed by atoms with E-state index in [4.69, 9.17) is 5.41 Å². The van der Waals surface area contributed by atoms with Crippen LogP contribution < -0.4 is 0 Å². The molecule has 4 nitrogen and oxygen atoms in total. The first-order valence-electron chi connectivity index (χ1n) is 4.48. The van der Waals surface area contributed by atoms with E-state index >= 15 is 0 Å². The summed E-state index contributed by atoms with van der Waals surface area (Å²) in [5.41, 5.74) is 0.671. The molecule has 1 fully saturated rings. The lowest BCUT2D eigenvalue weighted by atomic mass is 10.4. The monoisotopic (exact) mass is 176 g/mol. The van der Waals surface area contributed by atoms with Crippen LogP contribution >= 0.6 is 0 Å². The van der Waals surface area contributed by atoms with Crippen molar-refractivity contribution in [2.45, 2.75) is 12.8 Å². The second-order valence-electron chi connectivity index (χ2n) is 3.13. The molecule has 1 aromatic rings. The minimum absolute atomic E-state index is 0.505. The van der Waals surface area contributed by atoms with Gasteiger partial charge in [0.25, 0.3) is 0 Å². The van der Waals surface area contributed by atoms with E-state index in [0.29, 0.717) is 11.5 Å². The lowest BCUT2D eigenvalue weighted by molar-refractivity contribution is 0.515. The van der Waals surface area contributed by atoms with E-state index < -0.39 is 0 Å². The van der Waals surface area contributed by atoms with Crippen LogP contribution in [0.1, 0.15) is 18.5 Å². The van der Waals surface area contributed by atoms with Crippen LogP contribution in [0.5, 0.6) is 0 Å². The van der Waals surface area contributed by atoms with Crippen LogP contribution in [0.2, 0.25) is 0 Å². The van der Waals surface area contributed by atoms with Gasteiger partial charge in [0.1, 0.15) is 11.5 Å². The van der Waals surface area contributed by atoms with E-state index in [1.165, 1.54) is 12.8 Å². The van der Waals surface area contributed by atoms with Gasteiger partial charge in [0.15, 0.2) is 0 Å². The fourth-order valence-electron chi connectivity index (χ4n) is 1.52. The summed E-state index contributed by atoms with van der Waals surface area (Å²) in [6.07, 6.45) is 7.26. The maximum Gasteiger partial charge on any atom is 0.148 e. The van der Waals surface area contributed by atoms with Gasteiger partial charge in [-0.3, -0.25) is 10.4 Å². The summed E-state index contributed by atoms with van der Waals surface area (Å²) < 4.78 is 0.